The quantitative estimate of drug-likeness (QED) is 0.101. The van der Waals surface area contributed by atoms with Crippen molar-refractivity contribution in [3.05, 3.63) is 125 Å². The lowest BCUT2D eigenvalue weighted by Crippen LogP contribution is -2.33. The molecule has 4 rings (SSSR count). The topological polar surface area (TPSA) is 126 Å². The highest BCUT2D eigenvalue weighted by Gasteiger charge is 2.18. The van der Waals surface area contributed by atoms with Crippen molar-refractivity contribution in [3.8, 4) is 5.75 Å². The number of para-hydroxylation sites is 1. The molecule has 4 aromatic carbocycles. The molecule has 0 spiro atoms. The summed E-state index contributed by atoms with van der Waals surface area (Å²) in [6.07, 6.45) is 1.32. The molecule has 9 nitrogen and oxygen atoms in total. The van der Waals surface area contributed by atoms with Gasteiger partial charge >= 0.3 is 17.8 Å². The molecule has 0 atom stereocenters. The van der Waals surface area contributed by atoms with E-state index in [1.54, 1.807) is 91.0 Å². The summed E-state index contributed by atoms with van der Waals surface area (Å²) >= 11 is 5.87. The molecule has 3 N–H and O–H groups in total. The van der Waals surface area contributed by atoms with Crippen molar-refractivity contribution in [2.45, 2.75) is 0 Å². The number of esters is 1. The number of rotatable bonds is 7. The molecule has 10 heteroatoms. The van der Waals surface area contributed by atoms with Crippen LogP contribution in [-0.4, -0.2) is 29.9 Å². The summed E-state index contributed by atoms with van der Waals surface area (Å²) in [5.41, 5.74) is 3.96. The van der Waals surface area contributed by atoms with Crippen LogP contribution in [0.4, 0.5) is 11.4 Å². The minimum Gasteiger partial charge on any atom is -0.423 e. The van der Waals surface area contributed by atoms with Crippen LogP contribution >= 0.6 is 11.6 Å². The molecule has 4 aromatic rings. The molecule has 194 valence electrons. The van der Waals surface area contributed by atoms with Crippen LogP contribution in [0, 0.1) is 0 Å². The monoisotopic (exact) mass is 540 g/mol. The minimum absolute atomic E-state index is 0.147. The van der Waals surface area contributed by atoms with Gasteiger partial charge in [-0.15, -0.1) is 0 Å². The smallest absolute Gasteiger partial charge is 0.343 e. The summed E-state index contributed by atoms with van der Waals surface area (Å²) < 4.78 is 5.31. The predicted octanol–water partition coefficient (Wildman–Crippen LogP) is 4.90. The predicted molar refractivity (Wildman–Crippen MR) is 148 cm³/mol. The van der Waals surface area contributed by atoms with Crippen LogP contribution in [0.15, 0.2) is 108 Å². The molecule has 0 radical (unpaired) electrons. The number of halogens is 1. The van der Waals surface area contributed by atoms with Crippen molar-refractivity contribution in [2.75, 3.05) is 10.6 Å². The van der Waals surface area contributed by atoms with E-state index in [0.717, 1.165) is 0 Å². The second-order valence-corrected chi connectivity index (χ2v) is 8.42. The summed E-state index contributed by atoms with van der Waals surface area (Å²) in [7, 11) is 0. The van der Waals surface area contributed by atoms with Gasteiger partial charge in [0.15, 0.2) is 0 Å². The van der Waals surface area contributed by atoms with Gasteiger partial charge in [0, 0.05) is 10.7 Å². The second kappa shape index (κ2) is 12.8. The Labute approximate surface area is 228 Å². The summed E-state index contributed by atoms with van der Waals surface area (Å²) in [4.78, 5) is 49.5. The fraction of sp³-hybridized carbons (Fsp3) is 0. The van der Waals surface area contributed by atoms with Crippen LogP contribution in [0.3, 0.4) is 0 Å². The summed E-state index contributed by atoms with van der Waals surface area (Å²) in [6.45, 7) is 0. The molecule has 0 fully saturated rings. The van der Waals surface area contributed by atoms with E-state index in [2.05, 4.69) is 21.2 Å². The lowest BCUT2D eigenvalue weighted by atomic mass is 10.1. The van der Waals surface area contributed by atoms with Crippen molar-refractivity contribution in [2.24, 2.45) is 5.10 Å². The molecular weight excluding hydrogens is 520 g/mol. The van der Waals surface area contributed by atoms with Crippen LogP contribution in [0.5, 0.6) is 5.75 Å². The van der Waals surface area contributed by atoms with E-state index in [1.807, 2.05) is 0 Å². The number of anilines is 2. The van der Waals surface area contributed by atoms with E-state index < -0.39 is 23.7 Å². The molecule has 0 aliphatic heterocycles. The van der Waals surface area contributed by atoms with Gasteiger partial charge in [-0.25, -0.2) is 10.2 Å². The number of hydrogen-bond acceptors (Lipinski definition) is 6. The van der Waals surface area contributed by atoms with E-state index in [9.17, 15) is 19.2 Å². The fourth-order valence-electron chi connectivity index (χ4n) is 3.28. The van der Waals surface area contributed by atoms with Gasteiger partial charge < -0.3 is 15.4 Å². The Morgan fingerprint density at radius 3 is 2.10 bits per heavy atom. The van der Waals surface area contributed by atoms with Gasteiger partial charge in [-0.3, -0.25) is 14.4 Å². The Hall–Kier alpha value is -5.28. The maximum Gasteiger partial charge on any atom is 0.343 e. The number of nitrogens with zero attached hydrogens (tertiary/aromatic N) is 1. The van der Waals surface area contributed by atoms with Crippen LogP contribution in [0.25, 0.3) is 0 Å². The van der Waals surface area contributed by atoms with Gasteiger partial charge in [0.2, 0.25) is 0 Å². The zero-order valence-corrected chi connectivity index (χ0v) is 21.0. The lowest BCUT2D eigenvalue weighted by molar-refractivity contribution is -0.136. The Morgan fingerprint density at radius 1 is 0.718 bits per heavy atom. The number of benzene rings is 4. The summed E-state index contributed by atoms with van der Waals surface area (Å²) in [6, 6.07) is 27.8. The molecule has 0 aliphatic rings. The Bertz CT molecular complexity index is 1520. The third kappa shape index (κ3) is 7.61. The average Bonchev–Trinajstić information content (AvgIpc) is 2.95. The number of amides is 3. The summed E-state index contributed by atoms with van der Waals surface area (Å²) in [5, 5.41) is 9.42. The molecule has 0 saturated carbocycles. The van der Waals surface area contributed by atoms with E-state index in [4.69, 9.17) is 16.3 Å². The first-order valence-corrected chi connectivity index (χ1v) is 11.9. The number of hydrogen-bond donors (Lipinski definition) is 3. The molecule has 0 aliphatic carbocycles. The third-order valence-corrected chi connectivity index (χ3v) is 5.46. The molecule has 0 unspecified atom stereocenters. The normalized spacial score (nSPS) is 10.5. The zero-order valence-electron chi connectivity index (χ0n) is 20.3. The van der Waals surface area contributed by atoms with Crippen molar-refractivity contribution in [3.63, 3.8) is 0 Å². The first-order chi connectivity index (χ1) is 18.9. The first kappa shape index (κ1) is 26.8. The maximum atomic E-state index is 12.7. The standard InChI is InChI=1S/C29H21ClN4O5/c30-21-12-14-22(15-13-21)32-26(35)24-8-4-5-9-25(24)33-27(36)28(37)34-31-18-19-10-16-23(17-11-19)39-29(38)20-6-2-1-3-7-20/h1-18H,(H,32,35)(H,33,36)(H,34,37)/b31-18+. The molecule has 0 aromatic heterocycles. The zero-order chi connectivity index (χ0) is 27.6. The van der Waals surface area contributed by atoms with Crippen molar-refractivity contribution < 1.29 is 23.9 Å². The molecule has 0 bridgehead atoms. The van der Waals surface area contributed by atoms with Crippen LogP contribution in [0.2, 0.25) is 5.02 Å². The van der Waals surface area contributed by atoms with Crippen LogP contribution < -0.4 is 20.8 Å². The van der Waals surface area contributed by atoms with E-state index >= 15 is 0 Å². The van der Waals surface area contributed by atoms with E-state index in [0.29, 0.717) is 27.6 Å². The van der Waals surface area contributed by atoms with Crippen molar-refractivity contribution in [1.29, 1.82) is 0 Å². The number of nitrogens with one attached hydrogen (secondary N) is 3. The molecule has 39 heavy (non-hydrogen) atoms. The highest BCUT2D eigenvalue weighted by Crippen LogP contribution is 2.19. The number of hydrazone groups is 1. The number of carbonyl (C=O) groups excluding carboxylic acids is 4. The Kier molecular flexibility index (Phi) is 8.79. The van der Waals surface area contributed by atoms with Gasteiger partial charge in [-0.1, -0.05) is 41.9 Å². The van der Waals surface area contributed by atoms with Gasteiger partial charge in [0.25, 0.3) is 5.91 Å². The molecule has 0 heterocycles. The average molecular weight is 541 g/mol. The highest BCUT2D eigenvalue weighted by atomic mass is 35.5. The van der Waals surface area contributed by atoms with Gasteiger partial charge in [-0.2, -0.15) is 5.10 Å². The molecule has 3 amide bonds. The van der Waals surface area contributed by atoms with Crippen molar-refractivity contribution in [1.82, 2.24) is 5.43 Å². The SMILES string of the molecule is O=C(N/N=C/c1ccc(OC(=O)c2ccccc2)cc1)C(=O)Nc1ccccc1C(=O)Nc1ccc(Cl)cc1. The minimum atomic E-state index is -1.03. The third-order valence-electron chi connectivity index (χ3n) is 5.21. The largest absolute Gasteiger partial charge is 0.423 e. The van der Waals surface area contributed by atoms with E-state index in [-0.39, 0.29) is 11.3 Å². The fourth-order valence-corrected chi connectivity index (χ4v) is 3.41. The van der Waals surface area contributed by atoms with Gasteiger partial charge in [0.05, 0.1) is 23.0 Å². The molecule has 0 saturated heterocycles. The Balaban J connectivity index is 1.30. The second-order valence-electron chi connectivity index (χ2n) is 7.98. The summed E-state index contributed by atoms with van der Waals surface area (Å²) in [5.74, 6) is -2.68. The lowest BCUT2D eigenvalue weighted by Gasteiger charge is -2.11. The van der Waals surface area contributed by atoms with Crippen molar-refractivity contribution >= 4 is 52.9 Å². The van der Waals surface area contributed by atoms with Gasteiger partial charge in [-0.05, 0) is 78.4 Å². The Morgan fingerprint density at radius 2 is 1.38 bits per heavy atom. The molecular formula is C29H21ClN4O5. The van der Waals surface area contributed by atoms with Crippen LogP contribution in [0.1, 0.15) is 26.3 Å². The van der Waals surface area contributed by atoms with E-state index in [1.165, 1.54) is 18.3 Å². The van der Waals surface area contributed by atoms with Gasteiger partial charge in [0.1, 0.15) is 5.75 Å². The van der Waals surface area contributed by atoms with Crippen LogP contribution in [-0.2, 0) is 9.59 Å². The highest BCUT2D eigenvalue weighted by molar-refractivity contribution is 6.40. The maximum absolute atomic E-state index is 12.7. The number of ether oxygens (including phenoxy) is 1. The first-order valence-electron chi connectivity index (χ1n) is 11.6. The number of carbonyl (C=O) groups is 4.